The highest BCUT2D eigenvalue weighted by molar-refractivity contribution is 5.93. The van der Waals surface area contributed by atoms with Crippen molar-refractivity contribution in [3.63, 3.8) is 0 Å². The Bertz CT molecular complexity index is 289. The number of hydrogen-bond acceptors (Lipinski definition) is 4. The van der Waals surface area contributed by atoms with E-state index < -0.39 is 6.10 Å². The highest BCUT2D eigenvalue weighted by Crippen LogP contribution is 1.94. The molecule has 0 radical (unpaired) electrons. The first-order chi connectivity index (χ1) is 6.74. The Labute approximate surface area is 81.4 Å². The number of aliphatic hydroxyl groups excluding tert-OH is 2. The molecule has 1 heterocycles. The summed E-state index contributed by atoms with van der Waals surface area (Å²) in [6, 6.07) is 3.27. The molecule has 0 spiro atoms. The first kappa shape index (κ1) is 10.6. The van der Waals surface area contributed by atoms with Crippen LogP contribution in [-0.4, -0.2) is 40.4 Å². The van der Waals surface area contributed by atoms with Crippen LogP contribution in [0.1, 0.15) is 10.4 Å². The molecule has 0 aliphatic carbocycles. The van der Waals surface area contributed by atoms with E-state index in [1.807, 2.05) is 0 Å². The Morgan fingerprint density at radius 2 is 2.43 bits per heavy atom. The summed E-state index contributed by atoms with van der Waals surface area (Å²) < 4.78 is 0. The predicted molar refractivity (Wildman–Crippen MR) is 49.7 cm³/mol. The lowest BCUT2D eigenvalue weighted by Gasteiger charge is -2.08. The average molecular weight is 196 g/mol. The van der Waals surface area contributed by atoms with E-state index in [2.05, 4.69) is 10.3 Å². The summed E-state index contributed by atoms with van der Waals surface area (Å²) in [5, 5.41) is 19.9. The number of nitrogens with one attached hydrogen (secondary N) is 1. The fraction of sp³-hybridized carbons (Fsp3) is 0.333. The molecule has 1 aromatic rings. The van der Waals surface area contributed by atoms with Crippen molar-refractivity contribution in [2.75, 3.05) is 13.2 Å². The van der Waals surface area contributed by atoms with Crippen molar-refractivity contribution < 1.29 is 15.0 Å². The highest BCUT2D eigenvalue weighted by Gasteiger charge is 2.07. The summed E-state index contributed by atoms with van der Waals surface area (Å²) in [6.45, 7) is -0.336. The molecule has 5 nitrogen and oxygen atoms in total. The number of hydrogen-bond donors (Lipinski definition) is 3. The number of carbonyl (C=O) groups is 1. The Hall–Kier alpha value is -1.46. The second kappa shape index (κ2) is 5.31. The molecule has 0 fully saturated rings. The van der Waals surface area contributed by atoms with Gasteiger partial charge in [-0.05, 0) is 12.1 Å². The van der Waals surface area contributed by atoms with Gasteiger partial charge in [0.1, 0.15) is 0 Å². The number of aliphatic hydroxyl groups is 2. The van der Waals surface area contributed by atoms with E-state index >= 15 is 0 Å². The standard InChI is InChI=1S/C9H12N2O3/c12-6-8(13)5-11-9(14)7-2-1-3-10-4-7/h1-4,8,12-13H,5-6H2,(H,11,14). The van der Waals surface area contributed by atoms with Gasteiger partial charge in [-0.2, -0.15) is 0 Å². The minimum atomic E-state index is -0.921. The van der Waals surface area contributed by atoms with Crippen LogP contribution < -0.4 is 5.32 Å². The SMILES string of the molecule is O=C(NCC(O)CO)c1cccnc1. The molecule has 0 bridgehead atoms. The van der Waals surface area contributed by atoms with Crippen LogP contribution in [0.2, 0.25) is 0 Å². The van der Waals surface area contributed by atoms with Crippen molar-refractivity contribution in [2.24, 2.45) is 0 Å². The first-order valence-electron chi connectivity index (χ1n) is 4.21. The molecule has 1 rings (SSSR count). The highest BCUT2D eigenvalue weighted by atomic mass is 16.3. The van der Waals surface area contributed by atoms with Gasteiger partial charge in [-0.25, -0.2) is 0 Å². The lowest BCUT2D eigenvalue weighted by Crippen LogP contribution is -2.33. The van der Waals surface area contributed by atoms with Gasteiger partial charge in [-0.3, -0.25) is 9.78 Å². The Morgan fingerprint density at radius 1 is 1.64 bits per heavy atom. The van der Waals surface area contributed by atoms with Crippen LogP contribution in [0.3, 0.4) is 0 Å². The van der Waals surface area contributed by atoms with Crippen molar-refractivity contribution in [3.8, 4) is 0 Å². The van der Waals surface area contributed by atoms with E-state index in [9.17, 15) is 4.79 Å². The molecule has 0 aliphatic rings. The van der Waals surface area contributed by atoms with E-state index in [0.717, 1.165) is 0 Å². The number of nitrogens with zero attached hydrogens (tertiary/aromatic N) is 1. The summed E-state index contributed by atoms with van der Waals surface area (Å²) in [6.07, 6.45) is 2.08. The number of amides is 1. The smallest absolute Gasteiger partial charge is 0.252 e. The van der Waals surface area contributed by atoms with Crippen molar-refractivity contribution in [3.05, 3.63) is 30.1 Å². The minimum Gasteiger partial charge on any atom is -0.394 e. The zero-order valence-electron chi connectivity index (χ0n) is 7.55. The fourth-order valence-corrected chi connectivity index (χ4v) is 0.874. The van der Waals surface area contributed by atoms with Crippen LogP contribution in [0, 0.1) is 0 Å². The summed E-state index contributed by atoms with van der Waals surface area (Å²) in [4.78, 5) is 15.1. The molecule has 0 aliphatic heterocycles. The van der Waals surface area contributed by atoms with Crippen LogP contribution in [0.25, 0.3) is 0 Å². The topological polar surface area (TPSA) is 82.5 Å². The van der Waals surface area contributed by atoms with Crippen molar-refractivity contribution in [2.45, 2.75) is 6.10 Å². The predicted octanol–water partition coefficient (Wildman–Crippen LogP) is -0.835. The quantitative estimate of drug-likeness (QED) is 0.586. The average Bonchev–Trinajstić information content (AvgIpc) is 2.26. The molecule has 3 N–H and O–H groups in total. The van der Waals surface area contributed by atoms with Gasteiger partial charge in [0, 0.05) is 18.9 Å². The molecular formula is C9H12N2O3. The van der Waals surface area contributed by atoms with Crippen LogP contribution in [0.4, 0.5) is 0 Å². The van der Waals surface area contributed by atoms with E-state index in [1.165, 1.54) is 6.20 Å². The van der Waals surface area contributed by atoms with Crippen molar-refractivity contribution in [1.29, 1.82) is 0 Å². The number of aromatic nitrogens is 1. The maximum atomic E-state index is 11.3. The second-order valence-electron chi connectivity index (χ2n) is 2.79. The fourth-order valence-electron chi connectivity index (χ4n) is 0.874. The van der Waals surface area contributed by atoms with Gasteiger partial charge >= 0.3 is 0 Å². The van der Waals surface area contributed by atoms with Crippen molar-refractivity contribution >= 4 is 5.91 Å². The van der Waals surface area contributed by atoms with E-state index in [0.29, 0.717) is 5.56 Å². The Kier molecular flexibility index (Phi) is 4.03. The lowest BCUT2D eigenvalue weighted by atomic mass is 10.2. The molecule has 76 valence electrons. The second-order valence-corrected chi connectivity index (χ2v) is 2.79. The van der Waals surface area contributed by atoms with Gasteiger partial charge in [-0.15, -0.1) is 0 Å². The maximum absolute atomic E-state index is 11.3. The molecule has 0 saturated carbocycles. The monoisotopic (exact) mass is 196 g/mol. The molecule has 1 unspecified atom stereocenters. The molecule has 5 heteroatoms. The van der Waals surface area contributed by atoms with Crippen LogP contribution in [0.5, 0.6) is 0 Å². The van der Waals surface area contributed by atoms with Gasteiger partial charge in [0.25, 0.3) is 5.91 Å². The summed E-state index contributed by atoms with van der Waals surface area (Å²) >= 11 is 0. The van der Waals surface area contributed by atoms with Gasteiger partial charge in [0.15, 0.2) is 0 Å². The van der Waals surface area contributed by atoms with E-state index in [4.69, 9.17) is 10.2 Å². The molecule has 0 aromatic carbocycles. The third-order valence-electron chi connectivity index (χ3n) is 1.63. The Morgan fingerprint density at radius 3 is 3.00 bits per heavy atom. The number of pyridine rings is 1. The number of rotatable bonds is 4. The molecule has 14 heavy (non-hydrogen) atoms. The van der Waals surface area contributed by atoms with Crippen LogP contribution in [-0.2, 0) is 0 Å². The van der Waals surface area contributed by atoms with E-state index in [1.54, 1.807) is 18.3 Å². The molecular weight excluding hydrogens is 184 g/mol. The zero-order chi connectivity index (χ0) is 10.4. The van der Waals surface area contributed by atoms with E-state index in [-0.39, 0.29) is 19.1 Å². The van der Waals surface area contributed by atoms with Crippen LogP contribution in [0.15, 0.2) is 24.5 Å². The third kappa shape index (κ3) is 3.12. The summed E-state index contributed by atoms with van der Waals surface area (Å²) in [5.74, 6) is -0.314. The van der Waals surface area contributed by atoms with Gasteiger partial charge in [0.05, 0.1) is 18.3 Å². The maximum Gasteiger partial charge on any atom is 0.252 e. The van der Waals surface area contributed by atoms with Gasteiger partial charge in [-0.1, -0.05) is 0 Å². The molecule has 1 atom stereocenters. The largest absolute Gasteiger partial charge is 0.394 e. The number of carbonyl (C=O) groups excluding carboxylic acids is 1. The zero-order valence-corrected chi connectivity index (χ0v) is 7.55. The third-order valence-corrected chi connectivity index (χ3v) is 1.63. The van der Waals surface area contributed by atoms with Crippen molar-refractivity contribution in [1.82, 2.24) is 10.3 Å². The minimum absolute atomic E-state index is 0.0320. The normalized spacial score (nSPS) is 12.1. The van der Waals surface area contributed by atoms with Gasteiger partial charge in [0.2, 0.25) is 0 Å². The van der Waals surface area contributed by atoms with Gasteiger partial charge < -0.3 is 15.5 Å². The summed E-state index contributed by atoms with van der Waals surface area (Å²) in [5.41, 5.74) is 0.428. The van der Waals surface area contributed by atoms with Crippen LogP contribution >= 0.6 is 0 Å². The molecule has 0 saturated heterocycles. The lowest BCUT2D eigenvalue weighted by molar-refractivity contribution is 0.0801. The first-order valence-corrected chi connectivity index (χ1v) is 4.21. The molecule has 1 aromatic heterocycles. The Balaban J connectivity index is 2.44. The molecule has 1 amide bonds. The summed E-state index contributed by atoms with van der Waals surface area (Å²) in [7, 11) is 0.